The molecule has 2 saturated heterocycles. The molecule has 2 fully saturated rings. The molecule has 0 bridgehead atoms. The number of amides is 1. The molecule has 0 unspecified atom stereocenters. The molecule has 0 aromatic heterocycles. The number of carbonyl (C=O) groups excluding carboxylic acids is 1. The van der Waals surface area contributed by atoms with Crippen LogP contribution in [-0.2, 0) is 19.1 Å². The van der Waals surface area contributed by atoms with Crippen molar-refractivity contribution in [2.75, 3.05) is 76.7 Å². The lowest BCUT2D eigenvalue weighted by Gasteiger charge is -2.25. The van der Waals surface area contributed by atoms with Crippen molar-refractivity contribution in [3.63, 3.8) is 0 Å². The van der Waals surface area contributed by atoms with Gasteiger partial charge in [0.05, 0.1) is 39.5 Å². The summed E-state index contributed by atoms with van der Waals surface area (Å²) in [7, 11) is 0. The molecular formula is C28H42N4O7. The third-order valence-electron chi connectivity index (χ3n) is 6.22. The summed E-state index contributed by atoms with van der Waals surface area (Å²) in [5, 5.41) is 30.2. The number of anilines is 2. The van der Waals surface area contributed by atoms with E-state index in [-0.39, 0.29) is 18.2 Å². The van der Waals surface area contributed by atoms with E-state index in [0.29, 0.717) is 44.4 Å². The first-order chi connectivity index (χ1) is 18.5. The van der Waals surface area contributed by atoms with Crippen molar-refractivity contribution in [1.82, 2.24) is 9.80 Å². The second-order valence-electron chi connectivity index (χ2n) is 9.68. The Morgan fingerprint density at radius 2 is 1.15 bits per heavy atom. The molecule has 4 rings (SSSR count). The number of hydrogen-bond donors (Lipinski definition) is 5. The number of nitrogen functional groups attached to an aromatic ring is 1. The Kier molecular flexibility index (Phi) is 13.0. The number of phenolic OH excluding ortho intramolecular Hbond substituents is 2. The van der Waals surface area contributed by atoms with Gasteiger partial charge in [-0.05, 0) is 74.2 Å². The molecule has 2 aromatic carbocycles. The van der Waals surface area contributed by atoms with Gasteiger partial charge in [-0.2, -0.15) is 0 Å². The third kappa shape index (κ3) is 11.5. The number of nitrogens with two attached hydrogens (primary N) is 1. The summed E-state index contributed by atoms with van der Waals surface area (Å²) in [6, 6.07) is 7.06. The molecule has 11 nitrogen and oxygen atoms in total. The van der Waals surface area contributed by atoms with Crippen molar-refractivity contribution >= 4 is 23.3 Å². The van der Waals surface area contributed by atoms with Gasteiger partial charge in [0.15, 0.2) is 0 Å². The zero-order valence-corrected chi connectivity index (χ0v) is 23.3. The minimum atomic E-state index is -0.762. The van der Waals surface area contributed by atoms with Gasteiger partial charge >= 0.3 is 5.97 Å². The lowest BCUT2D eigenvalue weighted by Crippen LogP contribution is -2.41. The van der Waals surface area contributed by atoms with E-state index in [0.717, 1.165) is 54.1 Å². The van der Waals surface area contributed by atoms with Crippen LogP contribution in [0.5, 0.6) is 11.5 Å². The van der Waals surface area contributed by atoms with Crippen molar-refractivity contribution in [1.29, 1.82) is 0 Å². The fourth-order valence-corrected chi connectivity index (χ4v) is 4.13. The molecule has 2 heterocycles. The molecule has 2 aliphatic rings. The number of ether oxygens (including phenoxy) is 2. The molecule has 39 heavy (non-hydrogen) atoms. The maximum atomic E-state index is 11.9. The first-order valence-electron chi connectivity index (χ1n) is 12.9. The highest BCUT2D eigenvalue weighted by Crippen LogP contribution is 2.25. The minimum Gasteiger partial charge on any atom is -0.507 e. The summed E-state index contributed by atoms with van der Waals surface area (Å²) in [4.78, 5) is 26.1. The molecule has 0 saturated carbocycles. The number of phenols is 2. The van der Waals surface area contributed by atoms with Crippen LogP contribution in [0, 0.1) is 27.7 Å². The van der Waals surface area contributed by atoms with Gasteiger partial charge in [0.25, 0.3) is 0 Å². The van der Waals surface area contributed by atoms with E-state index in [9.17, 15) is 19.8 Å². The van der Waals surface area contributed by atoms with E-state index < -0.39 is 5.97 Å². The zero-order valence-electron chi connectivity index (χ0n) is 23.3. The number of carbonyl (C=O) groups is 2. The number of rotatable bonds is 5. The van der Waals surface area contributed by atoms with Gasteiger partial charge in [-0.15, -0.1) is 0 Å². The average Bonchev–Trinajstić information content (AvgIpc) is 2.87. The SMILES string of the molecule is Cc1cc(N)cc(C)c1O.Cc1cc(NC(=O)CN2CCOCC2)cc(C)c1O.O=C(O)CN1CCOCC1. The van der Waals surface area contributed by atoms with Crippen molar-refractivity contribution < 1.29 is 34.4 Å². The fourth-order valence-electron chi connectivity index (χ4n) is 4.13. The Morgan fingerprint density at radius 3 is 1.56 bits per heavy atom. The highest BCUT2D eigenvalue weighted by atomic mass is 16.5. The smallest absolute Gasteiger partial charge is 0.317 e. The Labute approximate surface area is 230 Å². The molecule has 0 radical (unpaired) electrons. The number of morpholine rings is 2. The van der Waals surface area contributed by atoms with E-state index >= 15 is 0 Å². The second kappa shape index (κ2) is 15.9. The van der Waals surface area contributed by atoms with Crippen LogP contribution in [0.4, 0.5) is 11.4 Å². The average molecular weight is 547 g/mol. The van der Waals surface area contributed by atoms with Gasteiger partial charge in [0, 0.05) is 37.6 Å². The zero-order chi connectivity index (χ0) is 28.9. The predicted molar refractivity (Wildman–Crippen MR) is 150 cm³/mol. The number of carboxylic acids is 1. The van der Waals surface area contributed by atoms with Gasteiger partial charge in [-0.3, -0.25) is 19.4 Å². The first kappa shape index (κ1) is 31.8. The summed E-state index contributed by atoms with van der Waals surface area (Å²) in [6.45, 7) is 13.6. The van der Waals surface area contributed by atoms with Gasteiger partial charge in [-0.25, -0.2) is 0 Å². The Bertz CT molecular complexity index is 1050. The summed E-state index contributed by atoms with van der Waals surface area (Å²) in [5.41, 5.74) is 10.1. The molecule has 1 amide bonds. The van der Waals surface area contributed by atoms with Crippen LogP contribution in [0.1, 0.15) is 22.3 Å². The van der Waals surface area contributed by atoms with Crippen LogP contribution in [0.2, 0.25) is 0 Å². The number of nitrogens with zero attached hydrogens (tertiary/aromatic N) is 2. The number of aliphatic carboxylic acids is 1. The lowest BCUT2D eigenvalue weighted by atomic mass is 10.1. The Balaban J connectivity index is 0.000000225. The molecule has 11 heteroatoms. The highest BCUT2D eigenvalue weighted by molar-refractivity contribution is 5.92. The quantitative estimate of drug-likeness (QED) is 0.278. The summed E-state index contributed by atoms with van der Waals surface area (Å²) < 4.78 is 10.3. The van der Waals surface area contributed by atoms with E-state index in [2.05, 4.69) is 10.2 Å². The van der Waals surface area contributed by atoms with Crippen LogP contribution in [0.25, 0.3) is 0 Å². The molecule has 6 N–H and O–H groups in total. The Hall–Kier alpha value is -3.38. The molecule has 0 atom stereocenters. The van der Waals surface area contributed by atoms with Crippen molar-refractivity contribution in [2.24, 2.45) is 0 Å². The number of nitrogens with one attached hydrogen (secondary N) is 1. The second-order valence-corrected chi connectivity index (χ2v) is 9.68. The first-order valence-corrected chi connectivity index (χ1v) is 12.9. The molecular weight excluding hydrogens is 504 g/mol. The van der Waals surface area contributed by atoms with Gasteiger partial charge in [0.1, 0.15) is 11.5 Å². The maximum Gasteiger partial charge on any atom is 0.317 e. The topological polar surface area (TPSA) is 158 Å². The highest BCUT2D eigenvalue weighted by Gasteiger charge is 2.15. The van der Waals surface area contributed by atoms with Gasteiger partial charge < -0.3 is 35.8 Å². The van der Waals surface area contributed by atoms with E-state index in [4.69, 9.17) is 20.3 Å². The van der Waals surface area contributed by atoms with Crippen molar-refractivity contribution in [3.05, 3.63) is 46.5 Å². The van der Waals surface area contributed by atoms with Crippen LogP contribution in [0.3, 0.4) is 0 Å². The maximum absolute atomic E-state index is 11.9. The molecule has 2 aromatic rings. The number of hydrogen-bond acceptors (Lipinski definition) is 9. The number of benzene rings is 2. The van der Waals surface area contributed by atoms with E-state index in [1.54, 1.807) is 24.3 Å². The van der Waals surface area contributed by atoms with E-state index in [1.807, 2.05) is 32.6 Å². The largest absolute Gasteiger partial charge is 0.507 e. The molecule has 0 aliphatic carbocycles. The normalized spacial score (nSPS) is 15.8. The van der Waals surface area contributed by atoms with Crippen LogP contribution >= 0.6 is 0 Å². The number of aryl methyl sites for hydroxylation is 4. The van der Waals surface area contributed by atoms with Crippen LogP contribution in [0.15, 0.2) is 24.3 Å². The van der Waals surface area contributed by atoms with Crippen molar-refractivity contribution in [2.45, 2.75) is 27.7 Å². The van der Waals surface area contributed by atoms with Crippen LogP contribution < -0.4 is 11.1 Å². The summed E-state index contributed by atoms with van der Waals surface area (Å²) >= 11 is 0. The summed E-state index contributed by atoms with van der Waals surface area (Å²) in [5.74, 6) is -0.173. The predicted octanol–water partition coefficient (Wildman–Crippen LogP) is 2.27. The van der Waals surface area contributed by atoms with Gasteiger partial charge in [0.2, 0.25) is 5.91 Å². The minimum absolute atomic E-state index is 0.0358. The fraction of sp³-hybridized carbons (Fsp3) is 0.500. The third-order valence-corrected chi connectivity index (χ3v) is 6.22. The Morgan fingerprint density at radius 1 is 0.769 bits per heavy atom. The van der Waals surface area contributed by atoms with Gasteiger partial charge in [-0.1, -0.05) is 0 Å². The van der Waals surface area contributed by atoms with Crippen LogP contribution in [-0.4, -0.2) is 103 Å². The van der Waals surface area contributed by atoms with E-state index in [1.165, 1.54) is 0 Å². The number of carboxylic acid groups (broad SMARTS) is 1. The molecule has 0 spiro atoms. The van der Waals surface area contributed by atoms with Crippen molar-refractivity contribution in [3.8, 4) is 11.5 Å². The monoisotopic (exact) mass is 546 g/mol. The summed E-state index contributed by atoms with van der Waals surface area (Å²) in [6.07, 6.45) is 0. The molecule has 216 valence electrons. The lowest BCUT2D eigenvalue weighted by molar-refractivity contribution is -0.139. The number of aromatic hydroxyl groups is 2. The standard InChI is InChI=1S/C14H20N2O3.C8H11NO.C6H11NO3/c1-10-7-12(8-11(2)14(10)18)15-13(17)9-16-3-5-19-6-4-16;1-5-3-7(9)4-6(2)8(5)10;8-6(9)5-7-1-3-10-4-2-7/h7-8,18H,3-6,9H2,1-2H3,(H,15,17);3-4,10H,9H2,1-2H3;1-5H2,(H,8,9). The molecule has 2 aliphatic heterocycles.